The molecule has 0 aromatic heterocycles. The van der Waals surface area contributed by atoms with Crippen molar-refractivity contribution in [1.29, 1.82) is 0 Å². The second kappa shape index (κ2) is 3.50. The first-order chi connectivity index (χ1) is 7.37. The van der Waals surface area contributed by atoms with Gasteiger partial charge in [0.05, 0.1) is 0 Å². The van der Waals surface area contributed by atoms with E-state index in [-0.39, 0.29) is 5.92 Å². The number of esters is 1. The molecule has 0 N–H and O–H groups in total. The van der Waals surface area contributed by atoms with E-state index in [2.05, 4.69) is 11.3 Å². The van der Waals surface area contributed by atoms with Gasteiger partial charge in [-0.1, -0.05) is 6.58 Å². The van der Waals surface area contributed by atoms with Crippen molar-refractivity contribution in [2.45, 2.75) is 37.5 Å². The van der Waals surface area contributed by atoms with Crippen LogP contribution in [0.4, 0.5) is 13.2 Å². The lowest BCUT2D eigenvalue weighted by molar-refractivity contribution is -0.213. The third-order valence-corrected chi connectivity index (χ3v) is 3.70. The van der Waals surface area contributed by atoms with Gasteiger partial charge < -0.3 is 4.74 Å². The molecular formula is C11H13F3O2. The number of rotatable bonds is 2. The fraction of sp³-hybridized carbons (Fsp3) is 0.727. The second-order valence-electron chi connectivity index (χ2n) is 4.63. The van der Waals surface area contributed by atoms with Gasteiger partial charge in [-0.3, -0.25) is 0 Å². The monoisotopic (exact) mass is 234 g/mol. The van der Waals surface area contributed by atoms with Gasteiger partial charge in [0, 0.05) is 5.92 Å². The zero-order chi connectivity index (χ0) is 12.0. The molecule has 0 spiro atoms. The number of hydrogen-bond donors (Lipinski definition) is 0. The standard InChI is InChI=1S/C11H13F3O2/c1-2-10(16-9(15)11(12,13)14)6-7-3-4-8(10)5-7/h2,7-8H,1,3-6H2/t7-,8+,10-/m0/s1. The number of fused-ring (bicyclic) bond motifs is 2. The molecule has 2 rings (SSSR count). The fourth-order valence-electron chi connectivity index (χ4n) is 2.97. The lowest BCUT2D eigenvalue weighted by atomic mass is 9.84. The Morgan fingerprint density at radius 2 is 2.12 bits per heavy atom. The Kier molecular flexibility index (Phi) is 2.51. The molecule has 2 aliphatic carbocycles. The van der Waals surface area contributed by atoms with Gasteiger partial charge in [-0.15, -0.1) is 0 Å². The maximum absolute atomic E-state index is 12.1. The van der Waals surface area contributed by atoms with Crippen LogP contribution >= 0.6 is 0 Å². The third kappa shape index (κ3) is 1.72. The molecule has 16 heavy (non-hydrogen) atoms. The molecular weight excluding hydrogens is 221 g/mol. The van der Waals surface area contributed by atoms with E-state index in [9.17, 15) is 18.0 Å². The quantitative estimate of drug-likeness (QED) is 0.542. The van der Waals surface area contributed by atoms with E-state index in [0.29, 0.717) is 12.3 Å². The van der Waals surface area contributed by atoms with E-state index < -0.39 is 17.7 Å². The molecule has 2 bridgehead atoms. The Hall–Kier alpha value is -1.00. The summed E-state index contributed by atoms with van der Waals surface area (Å²) in [6.45, 7) is 3.52. The number of halogens is 3. The van der Waals surface area contributed by atoms with Crippen LogP contribution in [0.2, 0.25) is 0 Å². The van der Waals surface area contributed by atoms with Gasteiger partial charge in [-0.05, 0) is 37.7 Å². The lowest BCUT2D eigenvalue weighted by Crippen LogP contribution is -2.42. The van der Waals surface area contributed by atoms with Crippen LogP contribution in [0.25, 0.3) is 0 Å². The third-order valence-electron chi connectivity index (χ3n) is 3.70. The van der Waals surface area contributed by atoms with E-state index in [1.165, 1.54) is 6.08 Å². The Morgan fingerprint density at radius 3 is 2.50 bits per heavy atom. The average molecular weight is 234 g/mol. The summed E-state index contributed by atoms with van der Waals surface area (Å²) in [7, 11) is 0. The molecule has 0 aromatic carbocycles. The van der Waals surface area contributed by atoms with Gasteiger partial charge in [0.2, 0.25) is 0 Å². The molecule has 0 unspecified atom stereocenters. The normalized spacial score (nSPS) is 37.4. The number of carbonyl (C=O) groups is 1. The van der Waals surface area contributed by atoms with Gasteiger partial charge in [0.1, 0.15) is 5.60 Å². The van der Waals surface area contributed by atoms with Crippen molar-refractivity contribution in [2.24, 2.45) is 11.8 Å². The highest BCUT2D eigenvalue weighted by Crippen LogP contribution is 2.53. The van der Waals surface area contributed by atoms with Crippen molar-refractivity contribution in [3.05, 3.63) is 12.7 Å². The van der Waals surface area contributed by atoms with E-state index in [1.807, 2.05) is 0 Å². The van der Waals surface area contributed by atoms with Gasteiger partial charge in [0.15, 0.2) is 0 Å². The summed E-state index contributed by atoms with van der Waals surface area (Å²) in [6, 6.07) is 0. The number of ether oxygens (including phenoxy) is 1. The molecule has 0 amide bonds. The highest BCUT2D eigenvalue weighted by Gasteiger charge is 2.55. The van der Waals surface area contributed by atoms with Crippen LogP contribution in [0.15, 0.2) is 12.7 Å². The molecule has 0 saturated heterocycles. The predicted octanol–water partition coefficient (Wildman–Crippen LogP) is 2.84. The molecule has 2 aliphatic rings. The van der Waals surface area contributed by atoms with E-state index in [4.69, 9.17) is 0 Å². The van der Waals surface area contributed by atoms with Crippen LogP contribution in [-0.4, -0.2) is 17.7 Å². The largest absolute Gasteiger partial charge is 0.490 e. The maximum atomic E-state index is 12.1. The Morgan fingerprint density at radius 1 is 1.44 bits per heavy atom. The van der Waals surface area contributed by atoms with Crippen LogP contribution in [0.3, 0.4) is 0 Å². The summed E-state index contributed by atoms with van der Waals surface area (Å²) in [5.41, 5.74) is -1.07. The summed E-state index contributed by atoms with van der Waals surface area (Å²) in [6.07, 6.45) is -0.371. The van der Waals surface area contributed by atoms with Crippen LogP contribution in [0.5, 0.6) is 0 Å². The Balaban J connectivity index is 2.13. The zero-order valence-corrected chi connectivity index (χ0v) is 8.72. The fourth-order valence-corrected chi connectivity index (χ4v) is 2.97. The first-order valence-electron chi connectivity index (χ1n) is 5.31. The highest BCUT2D eigenvalue weighted by atomic mass is 19.4. The molecule has 0 aliphatic heterocycles. The van der Waals surface area contributed by atoms with Crippen LogP contribution < -0.4 is 0 Å². The predicted molar refractivity (Wildman–Crippen MR) is 50.5 cm³/mol. The first kappa shape index (κ1) is 11.5. The van der Waals surface area contributed by atoms with Gasteiger partial charge in [-0.25, -0.2) is 4.79 Å². The van der Waals surface area contributed by atoms with E-state index in [0.717, 1.165) is 19.3 Å². The topological polar surface area (TPSA) is 26.3 Å². The molecule has 90 valence electrons. The van der Waals surface area contributed by atoms with Crippen molar-refractivity contribution in [2.75, 3.05) is 0 Å². The molecule has 5 heteroatoms. The Labute approximate surface area is 91.5 Å². The van der Waals surface area contributed by atoms with Crippen molar-refractivity contribution in [1.82, 2.24) is 0 Å². The lowest BCUT2D eigenvalue weighted by Gasteiger charge is -2.34. The maximum Gasteiger partial charge on any atom is 0.490 e. The smallest absolute Gasteiger partial charge is 0.448 e. The van der Waals surface area contributed by atoms with Gasteiger partial charge >= 0.3 is 12.1 Å². The summed E-state index contributed by atoms with van der Waals surface area (Å²) in [5.74, 6) is -1.70. The summed E-state index contributed by atoms with van der Waals surface area (Å²) in [4.78, 5) is 10.9. The van der Waals surface area contributed by atoms with E-state index >= 15 is 0 Å². The highest BCUT2D eigenvalue weighted by molar-refractivity contribution is 5.76. The van der Waals surface area contributed by atoms with Crippen LogP contribution in [0.1, 0.15) is 25.7 Å². The second-order valence-corrected chi connectivity index (χ2v) is 4.63. The molecule has 2 fully saturated rings. The molecule has 2 nitrogen and oxygen atoms in total. The molecule has 3 atom stereocenters. The molecule has 2 saturated carbocycles. The summed E-state index contributed by atoms with van der Waals surface area (Å²) in [5, 5.41) is 0. The van der Waals surface area contributed by atoms with E-state index in [1.54, 1.807) is 0 Å². The van der Waals surface area contributed by atoms with Crippen LogP contribution in [-0.2, 0) is 9.53 Å². The minimum Gasteiger partial charge on any atom is -0.448 e. The van der Waals surface area contributed by atoms with Crippen molar-refractivity contribution in [3.8, 4) is 0 Å². The summed E-state index contributed by atoms with van der Waals surface area (Å²) < 4.78 is 41.1. The molecule has 0 aromatic rings. The van der Waals surface area contributed by atoms with Gasteiger partial charge in [0.25, 0.3) is 0 Å². The van der Waals surface area contributed by atoms with Crippen LogP contribution in [0, 0.1) is 11.8 Å². The number of hydrogen-bond acceptors (Lipinski definition) is 2. The zero-order valence-electron chi connectivity index (χ0n) is 8.72. The SMILES string of the molecule is C=C[C@]1(OC(=O)C(F)(F)F)C[C@H]2CC[C@@H]1C2. The molecule has 0 radical (unpaired) electrons. The summed E-state index contributed by atoms with van der Waals surface area (Å²) >= 11 is 0. The minimum atomic E-state index is -4.92. The number of carbonyl (C=O) groups excluding carboxylic acids is 1. The van der Waals surface area contributed by atoms with Gasteiger partial charge in [-0.2, -0.15) is 13.2 Å². The first-order valence-corrected chi connectivity index (χ1v) is 5.31. The average Bonchev–Trinajstić information content (AvgIpc) is 2.76. The molecule has 0 heterocycles. The van der Waals surface area contributed by atoms with Crippen molar-refractivity contribution < 1.29 is 22.7 Å². The number of alkyl halides is 3. The van der Waals surface area contributed by atoms with Crippen molar-refractivity contribution >= 4 is 5.97 Å². The van der Waals surface area contributed by atoms with Crippen molar-refractivity contribution in [3.63, 3.8) is 0 Å². The Bertz CT molecular complexity index is 324. The minimum absolute atomic E-state index is 0.0151.